The van der Waals surface area contributed by atoms with E-state index in [-0.39, 0.29) is 38.6 Å². The number of likely N-dealkylation sites (N-methyl/N-ethyl adjacent to an activating group) is 1. The Morgan fingerprint density at radius 2 is 0.826 bits per heavy atom. The molecule has 400 valence electrons. The van der Waals surface area contributed by atoms with Crippen molar-refractivity contribution in [2.45, 2.75) is 257 Å². The summed E-state index contributed by atoms with van der Waals surface area (Å²) < 4.78 is 22.7. The molecule has 0 aliphatic rings. The summed E-state index contributed by atoms with van der Waals surface area (Å²) in [6, 6.07) is 0. The fourth-order valence-electron chi connectivity index (χ4n) is 7.88. The SMILES string of the molecule is CC/C=C\C/C=C\C/C=C\C/C=C\CCCCCCCCCCCCCCCCC(=O)OC(COC(=O)CCCCCCCCC/C=C\CCCCCCCC)COC(OCC[N+](C)(C)C)C(=O)[O-]. The van der Waals surface area contributed by atoms with Crippen molar-refractivity contribution < 1.29 is 42.9 Å². The Bertz CT molecular complexity index is 1310. The summed E-state index contributed by atoms with van der Waals surface area (Å²) >= 11 is 0. The van der Waals surface area contributed by atoms with E-state index in [0.29, 0.717) is 17.4 Å². The highest BCUT2D eigenvalue weighted by Crippen LogP contribution is 2.16. The van der Waals surface area contributed by atoms with Gasteiger partial charge in [-0.2, -0.15) is 0 Å². The van der Waals surface area contributed by atoms with Crippen LogP contribution in [0.15, 0.2) is 60.8 Å². The average Bonchev–Trinajstić information content (AvgIpc) is 3.31. The Labute approximate surface area is 425 Å². The van der Waals surface area contributed by atoms with Gasteiger partial charge in [0, 0.05) is 12.8 Å². The lowest BCUT2D eigenvalue weighted by Gasteiger charge is -2.26. The number of nitrogens with zero attached hydrogens (tertiary/aromatic N) is 1. The van der Waals surface area contributed by atoms with E-state index in [1.54, 1.807) is 0 Å². The quantitative estimate of drug-likeness (QED) is 0.0195. The molecule has 0 saturated carbocycles. The second-order valence-corrected chi connectivity index (χ2v) is 20.2. The van der Waals surface area contributed by atoms with E-state index < -0.39 is 24.3 Å². The first-order valence-electron chi connectivity index (χ1n) is 28.4. The Hall–Kier alpha value is -3.01. The van der Waals surface area contributed by atoms with Gasteiger partial charge in [0.1, 0.15) is 13.2 Å². The van der Waals surface area contributed by atoms with Gasteiger partial charge in [-0.05, 0) is 77.0 Å². The van der Waals surface area contributed by atoms with Gasteiger partial charge in [-0.1, -0.05) is 216 Å². The first-order valence-corrected chi connectivity index (χ1v) is 28.4. The third-order valence-corrected chi connectivity index (χ3v) is 12.2. The minimum Gasteiger partial charge on any atom is -0.545 e. The van der Waals surface area contributed by atoms with Gasteiger partial charge in [-0.25, -0.2) is 0 Å². The third kappa shape index (κ3) is 52.6. The molecule has 0 fully saturated rings. The predicted octanol–water partition coefficient (Wildman–Crippen LogP) is 15.1. The van der Waals surface area contributed by atoms with Crippen molar-refractivity contribution in [1.29, 1.82) is 0 Å². The molecule has 0 spiro atoms. The van der Waals surface area contributed by atoms with Crippen molar-refractivity contribution in [2.24, 2.45) is 0 Å². The molecule has 0 bridgehead atoms. The first kappa shape index (κ1) is 66.0. The summed E-state index contributed by atoms with van der Waals surface area (Å²) in [4.78, 5) is 37.3. The molecule has 2 atom stereocenters. The van der Waals surface area contributed by atoms with Crippen LogP contribution in [0, 0.1) is 0 Å². The van der Waals surface area contributed by atoms with Crippen molar-refractivity contribution in [2.75, 3.05) is 47.5 Å². The lowest BCUT2D eigenvalue weighted by Crippen LogP contribution is -2.44. The number of quaternary nitrogens is 1. The van der Waals surface area contributed by atoms with Gasteiger partial charge in [0.15, 0.2) is 12.4 Å². The third-order valence-electron chi connectivity index (χ3n) is 12.2. The van der Waals surface area contributed by atoms with E-state index in [9.17, 15) is 19.5 Å². The number of aliphatic carboxylic acids is 1. The van der Waals surface area contributed by atoms with Gasteiger partial charge in [-0.3, -0.25) is 9.59 Å². The minimum atomic E-state index is -1.62. The summed E-state index contributed by atoms with van der Waals surface area (Å²) in [5.41, 5.74) is 0. The number of carboxylic acid groups (broad SMARTS) is 1. The van der Waals surface area contributed by atoms with Crippen molar-refractivity contribution in [3.8, 4) is 0 Å². The van der Waals surface area contributed by atoms with Crippen LogP contribution in [0.25, 0.3) is 0 Å². The highest BCUT2D eigenvalue weighted by molar-refractivity contribution is 5.70. The number of allylic oxidation sites excluding steroid dienone is 10. The van der Waals surface area contributed by atoms with Crippen molar-refractivity contribution in [3.63, 3.8) is 0 Å². The van der Waals surface area contributed by atoms with Crippen molar-refractivity contribution >= 4 is 17.9 Å². The molecule has 0 aliphatic heterocycles. The molecule has 9 heteroatoms. The Morgan fingerprint density at radius 1 is 0.449 bits per heavy atom. The number of hydrogen-bond acceptors (Lipinski definition) is 8. The number of esters is 2. The number of carbonyl (C=O) groups excluding carboxylic acids is 3. The maximum atomic E-state index is 12.9. The van der Waals surface area contributed by atoms with E-state index in [0.717, 1.165) is 77.0 Å². The van der Waals surface area contributed by atoms with E-state index in [1.165, 1.54) is 135 Å². The van der Waals surface area contributed by atoms with E-state index in [4.69, 9.17) is 18.9 Å². The second kappa shape index (κ2) is 51.3. The molecule has 69 heavy (non-hydrogen) atoms. The lowest BCUT2D eigenvalue weighted by molar-refractivity contribution is -0.870. The summed E-state index contributed by atoms with van der Waals surface area (Å²) in [7, 11) is 5.92. The normalized spacial score (nSPS) is 13.2. The van der Waals surface area contributed by atoms with Gasteiger partial charge in [0.25, 0.3) is 0 Å². The molecule has 0 heterocycles. The van der Waals surface area contributed by atoms with Crippen LogP contribution in [-0.4, -0.2) is 82.3 Å². The Morgan fingerprint density at radius 3 is 1.25 bits per heavy atom. The summed E-state index contributed by atoms with van der Waals surface area (Å²) in [6.07, 6.45) is 61.2. The van der Waals surface area contributed by atoms with Crippen LogP contribution in [0.3, 0.4) is 0 Å². The fraction of sp³-hybridized carbons (Fsp3) is 0.783. The van der Waals surface area contributed by atoms with E-state index in [2.05, 4.69) is 74.6 Å². The minimum absolute atomic E-state index is 0.146. The topological polar surface area (TPSA) is 111 Å². The average molecular weight is 971 g/mol. The fourth-order valence-corrected chi connectivity index (χ4v) is 7.88. The van der Waals surface area contributed by atoms with Crippen LogP contribution in [0.4, 0.5) is 0 Å². The van der Waals surface area contributed by atoms with Crippen molar-refractivity contribution in [3.05, 3.63) is 60.8 Å². The number of unbranched alkanes of at least 4 members (excludes halogenated alkanes) is 27. The molecule has 0 saturated heterocycles. The van der Waals surface area contributed by atoms with Gasteiger partial charge in [0.2, 0.25) is 0 Å². The van der Waals surface area contributed by atoms with Gasteiger partial charge in [-0.15, -0.1) is 0 Å². The highest BCUT2D eigenvalue weighted by atomic mass is 16.7. The number of rotatable bonds is 52. The standard InChI is InChI=1S/C60H107NO8/c1-6-8-10-12-14-16-18-20-22-24-25-26-27-28-29-30-31-32-33-35-37-39-41-43-45-47-49-51-58(63)69-56(55-68-60(59(64)65)66-53-52-61(3,4)5)54-67-57(62)50-48-46-44-42-40-38-36-34-23-21-19-17-15-13-11-9-7-2/h8,10,14,16,20-23,25-26,56,60H,6-7,9,11-13,15,17-19,24,27-55H2,1-5H3/b10-8-,16-14-,22-20-,23-21-,26-25-. The second-order valence-electron chi connectivity index (χ2n) is 20.2. The molecule has 0 aromatic carbocycles. The van der Waals surface area contributed by atoms with Crippen LogP contribution in [0.1, 0.15) is 245 Å². The van der Waals surface area contributed by atoms with Gasteiger partial charge < -0.3 is 33.3 Å². The van der Waals surface area contributed by atoms with Crippen LogP contribution in [0.5, 0.6) is 0 Å². The zero-order valence-electron chi connectivity index (χ0n) is 45.4. The van der Waals surface area contributed by atoms with Crippen molar-refractivity contribution in [1.82, 2.24) is 0 Å². The molecule has 0 aromatic rings. The molecule has 0 aliphatic carbocycles. The molecule has 9 nitrogen and oxygen atoms in total. The molecule has 0 rings (SSSR count). The van der Waals surface area contributed by atoms with Crippen LogP contribution in [-0.2, 0) is 33.3 Å². The van der Waals surface area contributed by atoms with E-state index in [1.807, 2.05) is 21.1 Å². The molecule has 0 radical (unpaired) electrons. The predicted molar refractivity (Wildman–Crippen MR) is 288 cm³/mol. The maximum absolute atomic E-state index is 12.9. The highest BCUT2D eigenvalue weighted by Gasteiger charge is 2.22. The van der Waals surface area contributed by atoms with Gasteiger partial charge >= 0.3 is 11.9 Å². The zero-order chi connectivity index (χ0) is 50.6. The number of carboxylic acids is 1. The van der Waals surface area contributed by atoms with Crippen LogP contribution in [0.2, 0.25) is 0 Å². The smallest absolute Gasteiger partial charge is 0.306 e. The molecule has 0 aromatic heterocycles. The summed E-state index contributed by atoms with van der Waals surface area (Å²) in [6.45, 7) is 4.64. The molecule has 0 N–H and O–H groups in total. The summed E-state index contributed by atoms with van der Waals surface area (Å²) in [5, 5.41) is 11.8. The Kier molecular flexibility index (Phi) is 49.1. The molecule has 0 amide bonds. The lowest BCUT2D eigenvalue weighted by atomic mass is 10.0. The monoisotopic (exact) mass is 970 g/mol. The largest absolute Gasteiger partial charge is 0.545 e. The zero-order valence-corrected chi connectivity index (χ0v) is 45.4. The molecular formula is C60H107NO8. The van der Waals surface area contributed by atoms with E-state index >= 15 is 0 Å². The van der Waals surface area contributed by atoms with Gasteiger partial charge in [0.05, 0.1) is 40.3 Å². The van der Waals surface area contributed by atoms with Crippen LogP contribution >= 0.6 is 0 Å². The molecule has 2 unspecified atom stereocenters. The number of hydrogen-bond donors (Lipinski definition) is 0. The summed E-state index contributed by atoms with van der Waals surface area (Å²) in [5.74, 6) is -2.28. The first-order chi connectivity index (χ1) is 33.6. The van der Waals surface area contributed by atoms with Crippen LogP contribution < -0.4 is 5.11 Å². The Balaban J connectivity index is 4.22. The maximum Gasteiger partial charge on any atom is 0.306 e. The number of ether oxygens (including phenoxy) is 4. The number of carbonyl (C=O) groups is 3. The molecular weight excluding hydrogens is 863 g/mol.